The number of carbonyl (C=O) groups is 1. The molecule has 0 radical (unpaired) electrons. The van der Waals surface area contributed by atoms with Crippen molar-refractivity contribution >= 4 is 18.7 Å². The van der Waals surface area contributed by atoms with Crippen molar-refractivity contribution in [2.75, 3.05) is 13.2 Å². The highest BCUT2D eigenvalue weighted by molar-refractivity contribution is 7.62. The van der Waals surface area contributed by atoms with Crippen LogP contribution in [0, 0.1) is 0 Å². The van der Waals surface area contributed by atoms with E-state index < -0.39 is 7.60 Å². The van der Waals surface area contributed by atoms with Crippen LogP contribution in [0.4, 0.5) is 0 Å². The van der Waals surface area contributed by atoms with E-state index in [0.29, 0.717) is 30.5 Å². The van der Waals surface area contributed by atoms with E-state index in [2.05, 4.69) is 0 Å². The molecule has 0 fully saturated rings. The minimum atomic E-state index is -3.31. The Balaban J connectivity index is 2.43. The van der Waals surface area contributed by atoms with Crippen molar-refractivity contribution in [2.45, 2.75) is 39.5 Å². The number of aryl methyl sites for hydroxylation is 1. The highest BCUT2D eigenvalue weighted by atomic mass is 31.2. The van der Waals surface area contributed by atoms with Crippen LogP contribution in [-0.4, -0.2) is 19.0 Å². The lowest BCUT2D eigenvalue weighted by molar-refractivity contribution is 0.0982. The molecule has 4 nitrogen and oxygen atoms in total. The van der Waals surface area contributed by atoms with E-state index in [-0.39, 0.29) is 5.78 Å². The highest BCUT2D eigenvalue weighted by Gasteiger charge is 2.28. The summed E-state index contributed by atoms with van der Waals surface area (Å²) in [6.07, 6.45) is 3.39. The number of rotatable bonds is 5. The standard InChI is InChI=1S/C15H21O4P/c1-3-18-20(17,19-4-2)13-10-9-12-7-5-6-8-15(16)14(12)11-13/h9-11H,3-8H2,1-2H3. The molecule has 0 unspecified atom stereocenters. The van der Waals surface area contributed by atoms with E-state index in [1.807, 2.05) is 6.07 Å². The normalized spacial score (nSPS) is 15.8. The lowest BCUT2D eigenvalue weighted by Gasteiger charge is -2.18. The zero-order valence-electron chi connectivity index (χ0n) is 12.1. The van der Waals surface area contributed by atoms with Gasteiger partial charge in [0.1, 0.15) is 0 Å². The van der Waals surface area contributed by atoms with Gasteiger partial charge in [-0.05, 0) is 50.8 Å². The maximum atomic E-state index is 12.7. The topological polar surface area (TPSA) is 52.6 Å². The minimum absolute atomic E-state index is 0.124. The summed E-state index contributed by atoms with van der Waals surface area (Å²) >= 11 is 0. The van der Waals surface area contributed by atoms with Crippen molar-refractivity contribution in [3.05, 3.63) is 29.3 Å². The third-order valence-corrected chi connectivity index (χ3v) is 5.52. The largest absolute Gasteiger partial charge is 0.361 e. The Kier molecular flexibility index (Phi) is 5.14. The SMILES string of the molecule is CCOP(=O)(OCC)c1ccc2c(c1)C(=O)CCCC2. The fourth-order valence-electron chi connectivity index (χ4n) is 2.47. The Hall–Kier alpha value is -0.960. The second kappa shape index (κ2) is 6.66. The first-order chi connectivity index (χ1) is 9.60. The Bertz CT molecular complexity index is 529. The summed E-state index contributed by atoms with van der Waals surface area (Å²) in [5.41, 5.74) is 1.72. The second-order valence-electron chi connectivity index (χ2n) is 4.80. The molecule has 20 heavy (non-hydrogen) atoms. The van der Waals surface area contributed by atoms with Crippen LogP contribution in [0.5, 0.6) is 0 Å². The van der Waals surface area contributed by atoms with E-state index in [1.54, 1.807) is 26.0 Å². The van der Waals surface area contributed by atoms with Gasteiger partial charge in [-0.2, -0.15) is 0 Å². The van der Waals surface area contributed by atoms with Crippen LogP contribution >= 0.6 is 7.60 Å². The van der Waals surface area contributed by atoms with Crippen molar-refractivity contribution in [3.8, 4) is 0 Å². The maximum Gasteiger partial charge on any atom is 0.361 e. The number of Topliss-reactive ketones (excluding diaryl/α,β-unsaturated/α-hetero) is 1. The summed E-state index contributed by atoms with van der Waals surface area (Å²) in [5.74, 6) is 0.124. The Labute approximate surface area is 120 Å². The first-order valence-electron chi connectivity index (χ1n) is 7.16. The molecule has 0 atom stereocenters. The van der Waals surface area contributed by atoms with E-state index in [4.69, 9.17) is 9.05 Å². The molecule has 0 bridgehead atoms. The molecule has 0 aliphatic heterocycles. The Morgan fingerprint density at radius 3 is 2.40 bits per heavy atom. The van der Waals surface area contributed by atoms with Gasteiger partial charge in [-0.25, -0.2) is 0 Å². The minimum Gasteiger partial charge on any atom is -0.305 e. The third-order valence-electron chi connectivity index (χ3n) is 3.41. The van der Waals surface area contributed by atoms with Gasteiger partial charge in [0.2, 0.25) is 0 Å². The zero-order valence-corrected chi connectivity index (χ0v) is 12.9. The lowest BCUT2D eigenvalue weighted by atomic mass is 10.0. The molecule has 0 aromatic heterocycles. The molecular formula is C15H21O4P. The highest BCUT2D eigenvalue weighted by Crippen LogP contribution is 2.47. The van der Waals surface area contributed by atoms with Gasteiger partial charge in [0.15, 0.2) is 5.78 Å². The summed E-state index contributed by atoms with van der Waals surface area (Å²) in [7, 11) is -3.31. The lowest BCUT2D eigenvalue weighted by Crippen LogP contribution is -2.14. The zero-order chi connectivity index (χ0) is 14.6. The van der Waals surface area contributed by atoms with E-state index in [1.165, 1.54) is 0 Å². The van der Waals surface area contributed by atoms with E-state index in [9.17, 15) is 9.36 Å². The molecule has 0 N–H and O–H groups in total. The summed E-state index contributed by atoms with van der Waals surface area (Å²) in [5, 5.41) is 0.482. The first-order valence-corrected chi connectivity index (χ1v) is 8.70. The van der Waals surface area contributed by atoms with Gasteiger partial charge >= 0.3 is 7.60 Å². The Morgan fingerprint density at radius 1 is 1.10 bits per heavy atom. The van der Waals surface area contributed by atoms with Crippen LogP contribution in [0.25, 0.3) is 0 Å². The fraction of sp³-hybridized carbons (Fsp3) is 0.533. The van der Waals surface area contributed by atoms with Gasteiger partial charge in [-0.15, -0.1) is 0 Å². The molecule has 1 aromatic carbocycles. The van der Waals surface area contributed by atoms with E-state index >= 15 is 0 Å². The molecule has 5 heteroatoms. The smallest absolute Gasteiger partial charge is 0.305 e. The van der Waals surface area contributed by atoms with Crippen LogP contribution in [0.15, 0.2) is 18.2 Å². The van der Waals surface area contributed by atoms with Gasteiger partial charge in [0.25, 0.3) is 0 Å². The van der Waals surface area contributed by atoms with Crippen LogP contribution in [0.3, 0.4) is 0 Å². The van der Waals surface area contributed by atoms with Gasteiger partial charge in [0, 0.05) is 12.0 Å². The molecule has 1 aliphatic carbocycles. The molecule has 0 amide bonds. The third kappa shape index (κ3) is 3.20. The van der Waals surface area contributed by atoms with Crippen LogP contribution in [0.1, 0.15) is 49.0 Å². The molecule has 0 saturated carbocycles. The predicted octanol–water partition coefficient (Wildman–Crippen LogP) is 3.49. The number of fused-ring (bicyclic) bond motifs is 1. The van der Waals surface area contributed by atoms with Crippen molar-refractivity contribution in [3.63, 3.8) is 0 Å². The van der Waals surface area contributed by atoms with Crippen molar-refractivity contribution in [1.82, 2.24) is 0 Å². The predicted molar refractivity (Wildman–Crippen MR) is 78.8 cm³/mol. The second-order valence-corrected chi connectivity index (χ2v) is 6.83. The van der Waals surface area contributed by atoms with Gasteiger partial charge in [-0.3, -0.25) is 9.36 Å². The summed E-state index contributed by atoms with van der Waals surface area (Å²) in [6.45, 7) is 4.17. The number of benzene rings is 1. The molecular weight excluding hydrogens is 275 g/mol. The molecule has 0 spiro atoms. The van der Waals surface area contributed by atoms with Crippen LogP contribution < -0.4 is 5.30 Å². The fourth-order valence-corrected chi connectivity index (χ4v) is 4.07. The Morgan fingerprint density at radius 2 is 1.75 bits per heavy atom. The van der Waals surface area contributed by atoms with Gasteiger partial charge in [0.05, 0.1) is 18.5 Å². The van der Waals surface area contributed by atoms with Crippen LogP contribution in [0.2, 0.25) is 0 Å². The summed E-state index contributed by atoms with van der Waals surface area (Å²) < 4.78 is 23.4. The summed E-state index contributed by atoms with van der Waals surface area (Å²) in [6, 6.07) is 5.36. The maximum absolute atomic E-state index is 12.7. The van der Waals surface area contributed by atoms with Gasteiger partial charge in [-0.1, -0.05) is 6.07 Å². The number of hydrogen-bond acceptors (Lipinski definition) is 4. The monoisotopic (exact) mass is 296 g/mol. The number of ketones is 1. The number of carbonyl (C=O) groups excluding carboxylic acids is 1. The molecule has 0 saturated heterocycles. The van der Waals surface area contributed by atoms with Crippen molar-refractivity contribution in [1.29, 1.82) is 0 Å². The molecule has 2 rings (SSSR count). The summed E-state index contributed by atoms with van der Waals surface area (Å²) in [4.78, 5) is 12.1. The van der Waals surface area contributed by atoms with Crippen molar-refractivity contribution < 1.29 is 18.4 Å². The average molecular weight is 296 g/mol. The molecule has 1 aromatic rings. The van der Waals surface area contributed by atoms with Crippen LogP contribution in [-0.2, 0) is 20.0 Å². The molecule has 0 heterocycles. The number of hydrogen-bond donors (Lipinski definition) is 0. The van der Waals surface area contributed by atoms with E-state index in [0.717, 1.165) is 24.8 Å². The molecule has 1 aliphatic rings. The van der Waals surface area contributed by atoms with Crippen molar-refractivity contribution in [2.24, 2.45) is 0 Å². The quantitative estimate of drug-likeness (QED) is 0.616. The molecule has 110 valence electrons. The first kappa shape index (κ1) is 15.4. The van der Waals surface area contributed by atoms with Gasteiger partial charge < -0.3 is 9.05 Å². The average Bonchev–Trinajstić information content (AvgIpc) is 2.61.